The average molecular weight is 352 g/mol. The number of benzene rings is 1. The van der Waals surface area contributed by atoms with Crippen LogP contribution >= 0.6 is 0 Å². The van der Waals surface area contributed by atoms with Crippen molar-refractivity contribution in [2.45, 2.75) is 64.3 Å². The molecule has 3 heterocycles. The highest BCUT2D eigenvalue weighted by Crippen LogP contribution is 2.38. The van der Waals surface area contributed by atoms with Crippen molar-refractivity contribution in [1.82, 2.24) is 19.6 Å². The average Bonchev–Trinajstić information content (AvgIpc) is 3.32. The van der Waals surface area contributed by atoms with E-state index in [4.69, 9.17) is 0 Å². The molecule has 0 radical (unpaired) electrons. The van der Waals surface area contributed by atoms with Crippen molar-refractivity contribution in [3.05, 3.63) is 53.9 Å². The highest BCUT2D eigenvalue weighted by Gasteiger charge is 2.48. The summed E-state index contributed by atoms with van der Waals surface area (Å²) in [5, 5.41) is 4.45. The molecule has 0 saturated carbocycles. The lowest BCUT2D eigenvalue weighted by Crippen LogP contribution is -2.38. The molecule has 26 heavy (non-hydrogen) atoms. The Bertz CT molecular complexity index is 769. The zero-order chi connectivity index (χ0) is 18.3. The van der Waals surface area contributed by atoms with Crippen molar-refractivity contribution < 1.29 is 4.79 Å². The van der Waals surface area contributed by atoms with E-state index in [0.29, 0.717) is 30.5 Å². The third-order valence-corrected chi connectivity index (χ3v) is 5.92. The number of rotatable bonds is 5. The number of amides is 1. The first-order valence-electron chi connectivity index (χ1n) is 9.68. The molecule has 5 heteroatoms. The Balaban J connectivity index is 1.48. The second kappa shape index (κ2) is 6.88. The van der Waals surface area contributed by atoms with Gasteiger partial charge in [-0.2, -0.15) is 5.10 Å². The first-order valence-corrected chi connectivity index (χ1v) is 9.68. The Morgan fingerprint density at radius 3 is 2.62 bits per heavy atom. The van der Waals surface area contributed by atoms with E-state index in [0.717, 1.165) is 19.5 Å². The first kappa shape index (κ1) is 17.3. The minimum atomic E-state index is 0.141. The van der Waals surface area contributed by atoms with E-state index in [9.17, 15) is 4.79 Å². The molecule has 0 spiro atoms. The summed E-state index contributed by atoms with van der Waals surface area (Å²) in [5.74, 6) is 0.291. The topological polar surface area (TPSA) is 41.4 Å². The standard InChI is InChI=1S/C21H28N4O/c1-15(2)24-14-17(12-22-24)13-23-10-9-19-20(23)11-21(26)25(19)16(3)18-7-5-4-6-8-18/h4-8,12,14-16,19-20H,9-11,13H2,1-3H3/t16?,19-,20-/m0/s1. The van der Waals surface area contributed by atoms with Gasteiger partial charge >= 0.3 is 0 Å². The summed E-state index contributed by atoms with van der Waals surface area (Å²) in [4.78, 5) is 17.4. The fourth-order valence-corrected chi connectivity index (χ4v) is 4.53. The summed E-state index contributed by atoms with van der Waals surface area (Å²) in [5.41, 5.74) is 2.46. The van der Waals surface area contributed by atoms with Crippen LogP contribution in [0, 0.1) is 0 Å². The summed E-state index contributed by atoms with van der Waals surface area (Å²) in [7, 11) is 0. The molecule has 1 aromatic heterocycles. The number of fused-ring (bicyclic) bond motifs is 1. The Morgan fingerprint density at radius 1 is 1.15 bits per heavy atom. The van der Waals surface area contributed by atoms with Gasteiger partial charge in [0.15, 0.2) is 0 Å². The smallest absolute Gasteiger partial charge is 0.225 e. The normalized spacial score (nSPS) is 24.5. The second-order valence-electron chi connectivity index (χ2n) is 7.91. The predicted octanol–water partition coefficient (Wildman–Crippen LogP) is 3.40. The van der Waals surface area contributed by atoms with Crippen LogP contribution in [-0.2, 0) is 11.3 Å². The Hall–Kier alpha value is -2.14. The van der Waals surface area contributed by atoms with E-state index < -0.39 is 0 Å². The molecule has 1 unspecified atom stereocenters. The molecule has 0 aliphatic carbocycles. The first-order chi connectivity index (χ1) is 12.5. The summed E-state index contributed by atoms with van der Waals surface area (Å²) in [6.07, 6.45) is 5.81. The van der Waals surface area contributed by atoms with Crippen molar-refractivity contribution in [2.75, 3.05) is 6.54 Å². The van der Waals surface area contributed by atoms with Crippen LogP contribution in [-0.4, -0.2) is 44.1 Å². The molecule has 0 N–H and O–H groups in total. The van der Waals surface area contributed by atoms with Crippen LogP contribution in [0.25, 0.3) is 0 Å². The van der Waals surface area contributed by atoms with Crippen molar-refractivity contribution in [3.63, 3.8) is 0 Å². The Labute approximate surface area is 155 Å². The van der Waals surface area contributed by atoms with Crippen molar-refractivity contribution in [1.29, 1.82) is 0 Å². The maximum atomic E-state index is 12.8. The largest absolute Gasteiger partial charge is 0.331 e. The molecule has 2 fully saturated rings. The van der Waals surface area contributed by atoms with Gasteiger partial charge in [-0.05, 0) is 32.8 Å². The number of likely N-dealkylation sites (tertiary alicyclic amines) is 2. The van der Waals surface area contributed by atoms with Crippen LogP contribution in [0.2, 0.25) is 0 Å². The number of hydrogen-bond acceptors (Lipinski definition) is 3. The molecule has 5 nitrogen and oxygen atoms in total. The van der Waals surface area contributed by atoms with Crippen LogP contribution in [0.15, 0.2) is 42.7 Å². The number of carbonyl (C=O) groups is 1. The van der Waals surface area contributed by atoms with Gasteiger partial charge < -0.3 is 4.90 Å². The predicted molar refractivity (Wildman–Crippen MR) is 102 cm³/mol. The molecule has 2 aromatic rings. The number of carbonyl (C=O) groups excluding carboxylic acids is 1. The van der Waals surface area contributed by atoms with Crippen molar-refractivity contribution >= 4 is 5.91 Å². The van der Waals surface area contributed by atoms with E-state index in [1.807, 2.05) is 16.9 Å². The highest BCUT2D eigenvalue weighted by molar-refractivity contribution is 5.80. The molecular formula is C21H28N4O. The van der Waals surface area contributed by atoms with Crippen LogP contribution in [0.4, 0.5) is 0 Å². The zero-order valence-electron chi connectivity index (χ0n) is 15.9. The zero-order valence-corrected chi connectivity index (χ0v) is 15.9. The van der Waals surface area contributed by atoms with Crippen LogP contribution in [0.1, 0.15) is 56.8 Å². The molecule has 1 aromatic carbocycles. The molecule has 2 saturated heterocycles. The SMILES string of the molecule is CC(c1ccccc1)N1C(=O)C[C@H]2[C@@H]1CCN2Cc1cnn(C(C)C)c1. The van der Waals surface area contributed by atoms with E-state index in [2.05, 4.69) is 66.1 Å². The highest BCUT2D eigenvalue weighted by atomic mass is 16.2. The second-order valence-corrected chi connectivity index (χ2v) is 7.91. The van der Waals surface area contributed by atoms with Gasteiger partial charge in [0.2, 0.25) is 5.91 Å². The number of nitrogens with zero attached hydrogens (tertiary/aromatic N) is 4. The van der Waals surface area contributed by atoms with Gasteiger partial charge in [0.1, 0.15) is 0 Å². The maximum Gasteiger partial charge on any atom is 0.225 e. The van der Waals surface area contributed by atoms with Crippen molar-refractivity contribution in [3.8, 4) is 0 Å². The fourth-order valence-electron chi connectivity index (χ4n) is 4.53. The quantitative estimate of drug-likeness (QED) is 0.828. The van der Waals surface area contributed by atoms with E-state index >= 15 is 0 Å². The lowest BCUT2D eigenvalue weighted by molar-refractivity contribution is -0.131. The molecule has 138 valence electrons. The number of aromatic nitrogens is 2. The van der Waals surface area contributed by atoms with Gasteiger partial charge in [-0.25, -0.2) is 0 Å². The fraction of sp³-hybridized carbons (Fsp3) is 0.524. The molecule has 2 aliphatic heterocycles. The molecule has 4 rings (SSSR count). The summed E-state index contributed by atoms with van der Waals surface area (Å²) < 4.78 is 2.01. The summed E-state index contributed by atoms with van der Waals surface area (Å²) >= 11 is 0. The van der Waals surface area contributed by atoms with Gasteiger partial charge in [-0.15, -0.1) is 0 Å². The summed E-state index contributed by atoms with van der Waals surface area (Å²) in [6.45, 7) is 8.37. The van der Waals surface area contributed by atoms with E-state index in [-0.39, 0.29) is 6.04 Å². The maximum absolute atomic E-state index is 12.8. The Kier molecular flexibility index (Phi) is 4.57. The van der Waals surface area contributed by atoms with E-state index in [1.165, 1.54) is 11.1 Å². The van der Waals surface area contributed by atoms with Gasteiger partial charge in [0.05, 0.1) is 12.2 Å². The lowest BCUT2D eigenvalue weighted by atomic mass is 10.0. The Morgan fingerprint density at radius 2 is 1.92 bits per heavy atom. The molecule has 1 amide bonds. The van der Waals surface area contributed by atoms with Gasteiger partial charge in [0, 0.05) is 49.4 Å². The molecule has 2 aliphatic rings. The third-order valence-electron chi connectivity index (χ3n) is 5.92. The minimum absolute atomic E-state index is 0.141. The summed E-state index contributed by atoms with van der Waals surface area (Å²) in [6, 6.07) is 11.6. The minimum Gasteiger partial charge on any atom is -0.331 e. The third kappa shape index (κ3) is 3.05. The number of hydrogen-bond donors (Lipinski definition) is 0. The van der Waals surface area contributed by atoms with Gasteiger partial charge in [-0.3, -0.25) is 14.4 Å². The van der Waals surface area contributed by atoms with Gasteiger partial charge in [0.25, 0.3) is 0 Å². The van der Waals surface area contributed by atoms with Crippen LogP contribution < -0.4 is 0 Å². The molecule has 0 bridgehead atoms. The van der Waals surface area contributed by atoms with Crippen LogP contribution in [0.5, 0.6) is 0 Å². The lowest BCUT2D eigenvalue weighted by Gasteiger charge is -2.31. The van der Waals surface area contributed by atoms with Crippen LogP contribution in [0.3, 0.4) is 0 Å². The molecule has 3 atom stereocenters. The van der Waals surface area contributed by atoms with Gasteiger partial charge in [-0.1, -0.05) is 30.3 Å². The van der Waals surface area contributed by atoms with E-state index in [1.54, 1.807) is 0 Å². The van der Waals surface area contributed by atoms with Crippen molar-refractivity contribution in [2.24, 2.45) is 0 Å². The molecular weight excluding hydrogens is 324 g/mol. The monoisotopic (exact) mass is 352 g/mol.